The average molecular weight is 316 g/mol. The number of hydrogen-bond donors (Lipinski definition) is 1. The smallest absolute Gasteiger partial charge is 0.216 e. The van der Waals surface area contributed by atoms with Gasteiger partial charge in [-0.25, -0.2) is 0 Å². The van der Waals surface area contributed by atoms with Crippen LogP contribution in [0.2, 0.25) is 0 Å². The molecule has 3 aromatic rings. The summed E-state index contributed by atoms with van der Waals surface area (Å²) in [5.74, 6) is 0. The van der Waals surface area contributed by atoms with Crippen molar-refractivity contribution < 1.29 is 0 Å². The Morgan fingerprint density at radius 3 is 2.86 bits per heavy atom. The summed E-state index contributed by atoms with van der Waals surface area (Å²) in [5, 5.41) is 11.5. The van der Waals surface area contributed by atoms with Crippen LogP contribution in [0.15, 0.2) is 35.4 Å². The fourth-order valence-corrected chi connectivity index (χ4v) is 3.75. The van der Waals surface area contributed by atoms with Crippen molar-refractivity contribution >= 4 is 34.2 Å². The average Bonchev–Trinajstić information content (AvgIpc) is 2.88. The van der Waals surface area contributed by atoms with Crippen LogP contribution < -0.4 is 4.72 Å². The molecule has 0 saturated heterocycles. The quantitative estimate of drug-likeness (QED) is 0.740. The molecule has 1 saturated carbocycles. The monoisotopic (exact) mass is 316 g/mol. The predicted octanol–water partition coefficient (Wildman–Crippen LogP) is 3.94. The van der Waals surface area contributed by atoms with E-state index in [2.05, 4.69) is 56.9 Å². The molecular formula is C15H16N4S2. The lowest BCUT2D eigenvalue weighted by Gasteiger charge is -2.10. The third-order valence-corrected chi connectivity index (χ3v) is 5.72. The number of nitrogens with one attached hydrogen (secondary N) is 1. The van der Waals surface area contributed by atoms with Gasteiger partial charge in [0.05, 0.1) is 5.52 Å². The normalized spacial score (nSPS) is 16.5. The number of rotatable bonds is 4. The molecule has 0 atom stereocenters. The van der Waals surface area contributed by atoms with Gasteiger partial charge in [-0.1, -0.05) is 17.4 Å². The molecule has 4 rings (SSSR count). The molecule has 0 amide bonds. The van der Waals surface area contributed by atoms with Crippen molar-refractivity contribution in [2.24, 2.45) is 0 Å². The Hall–Kier alpha value is -1.37. The number of aryl methyl sites for hydroxylation is 1. The Kier molecular flexibility index (Phi) is 3.06. The van der Waals surface area contributed by atoms with Gasteiger partial charge in [0, 0.05) is 22.0 Å². The van der Waals surface area contributed by atoms with Crippen molar-refractivity contribution in [1.82, 2.24) is 19.5 Å². The summed E-state index contributed by atoms with van der Waals surface area (Å²) in [6, 6.07) is 8.67. The fraction of sp³-hybridized carbons (Fsp3) is 0.333. The number of fused-ring (bicyclic) bond motifs is 1. The largest absolute Gasteiger partial charge is 0.291 e. The first-order valence-electron chi connectivity index (χ1n) is 6.99. The van der Waals surface area contributed by atoms with Crippen LogP contribution in [0.3, 0.4) is 0 Å². The van der Waals surface area contributed by atoms with Gasteiger partial charge in [-0.3, -0.25) is 9.29 Å². The molecule has 1 N–H and O–H groups in total. The zero-order valence-electron chi connectivity index (χ0n) is 12.0. The van der Waals surface area contributed by atoms with Gasteiger partial charge in [-0.05, 0) is 56.8 Å². The maximum atomic E-state index is 4.24. The van der Waals surface area contributed by atoms with Gasteiger partial charge in [0.2, 0.25) is 5.13 Å². The van der Waals surface area contributed by atoms with Crippen LogP contribution in [0.4, 0.5) is 0 Å². The second-order valence-electron chi connectivity index (χ2n) is 5.77. The molecule has 1 aromatic carbocycles. The minimum Gasteiger partial charge on any atom is -0.291 e. The van der Waals surface area contributed by atoms with Crippen LogP contribution in [0.1, 0.15) is 24.8 Å². The highest BCUT2D eigenvalue weighted by Crippen LogP contribution is 2.38. The predicted molar refractivity (Wildman–Crippen MR) is 88.1 cm³/mol. The molecule has 2 heterocycles. The molecule has 4 nitrogen and oxygen atoms in total. The van der Waals surface area contributed by atoms with Crippen molar-refractivity contribution in [2.75, 3.05) is 0 Å². The summed E-state index contributed by atoms with van der Waals surface area (Å²) in [7, 11) is 0. The SMILES string of the molecule is Cc1nnc(-n2ccc3ccc(SNC4(C)CC4)cc32)s1. The molecule has 0 bridgehead atoms. The molecule has 6 heteroatoms. The minimum absolute atomic E-state index is 0.331. The Morgan fingerprint density at radius 1 is 1.29 bits per heavy atom. The molecule has 21 heavy (non-hydrogen) atoms. The molecule has 0 spiro atoms. The fourth-order valence-electron chi connectivity index (χ4n) is 2.19. The van der Waals surface area contributed by atoms with E-state index in [1.165, 1.54) is 28.6 Å². The first-order chi connectivity index (χ1) is 10.1. The van der Waals surface area contributed by atoms with E-state index in [0.717, 1.165) is 10.1 Å². The van der Waals surface area contributed by atoms with Crippen molar-refractivity contribution in [1.29, 1.82) is 0 Å². The van der Waals surface area contributed by atoms with Crippen molar-refractivity contribution in [3.8, 4) is 5.13 Å². The number of aromatic nitrogens is 3. The van der Waals surface area contributed by atoms with Crippen LogP contribution in [0.25, 0.3) is 16.0 Å². The van der Waals surface area contributed by atoms with Crippen LogP contribution in [-0.2, 0) is 0 Å². The second-order valence-corrected chi connectivity index (χ2v) is 7.81. The molecule has 2 aromatic heterocycles. The lowest BCUT2D eigenvalue weighted by atomic mass is 10.2. The summed E-state index contributed by atoms with van der Waals surface area (Å²) in [5.41, 5.74) is 1.51. The highest BCUT2D eigenvalue weighted by molar-refractivity contribution is 7.97. The van der Waals surface area contributed by atoms with Gasteiger partial charge >= 0.3 is 0 Å². The molecule has 0 aliphatic heterocycles. The van der Waals surface area contributed by atoms with E-state index in [4.69, 9.17) is 0 Å². The summed E-state index contributed by atoms with van der Waals surface area (Å²) >= 11 is 3.33. The van der Waals surface area contributed by atoms with Crippen molar-refractivity contribution in [3.05, 3.63) is 35.5 Å². The summed E-state index contributed by atoms with van der Waals surface area (Å²) < 4.78 is 5.67. The highest BCUT2D eigenvalue weighted by atomic mass is 32.2. The Balaban J connectivity index is 1.68. The van der Waals surface area contributed by atoms with Gasteiger partial charge < -0.3 is 0 Å². The molecule has 0 radical (unpaired) electrons. The Labute approximate surface area is 131 Å². The molecule has 1 aliphatic carbocycles. The lowest BCUT2D eigenvalue weighted by molar-refractivity contribution is 0.701. The van der Waals surface area contributed by atoms with Crippen LogP contribution in [-0.4, -0.2) is 20.3 Å². The van der Waals surface area contributed by atoms with Gasteiger partial charge in [-0.2, -0.15) is 0 Å². The Bertz CT molecular complexity index is 801. The van der Waals surface area contributed by atoms with Crippen LogP contribution in [0, 0.1) is 6.92 Å². The number of hydrogen-bond acceptors (Lipinski definition) is 5. The Morgan fingerprint density at radius 2 is 2.14 bits per heavy atom. The third kappa shape index (κ3) is 2.59. The minimum atomic E-state index is 0.331. The standard InChI is InChI=1S/C15H16N4S2/c1-10-16-17-14(20-10)19-8-5-11-3-4-12(9-13(11)19)21-18-15(2)6-7-15/h3-5,8-9,18H,6-7H2,1-2H3. The van der Waals surface area contributed by atoms with Crippen molar-refractivity contribution in [3.63, 3.8) is 0 Å². The molecule has 108 valence electrons. The lowest BCUT2D eigenvalue weighted by Crippen LogP contribution is -2.19. The van der Waals surface area contributed by atoms with Crippen LogP contribution in [0.5, 0.6) is 0 Å². The zero-order chi connectivity index (χ0) is 14.4. The van der Waals surface area contributed by atoms with E-state index < -0.39 is 0 Å². The van der Waals surface area contributed by atoms with Gasteiger partial charge in [0.1, 0.15) is 5.01 Å². The summed E-state index contributed by atoms with van der Waals surface area (Å²) in [4.78, 5) is 1.23. The summed E-state index contributed by atoms with van der Waals surface area (Å²) in [6.45, 7) is 4.25. The molecule has 1 aliphatic rings. The maximum Gasteiger partial charge on any atom is 0.216 e. The van der Waals surface area contributed by atoms with E-state index in [-0.39, 0.29) is 0 Å². The topological polar surface area (TPSA) is 42.7 Å². The molecule has 1 fully saturated rings. The maximum absolute atomic E-state index is 4.24. The first kappa shape index (κ1) is 13.3. The summed E-state index contributed by atoms with van der Waals surface area (Å²) in [6.07, 6.45) is 4.60. The van der Waals surface area contributed by atoms with E-state index in [0.29, 0.717) is 5.54 Å². The van der Waals surface area contributed by atoms with E-state index in [1.807, 2.05) is 6.92 Å². The van der Waals surface area contributed by atoms with E-state index >= 15 is 0 Å². The zero-order valence-corrected chi connectivity index (χ0v) is 13.6. The van der Waals surface area contributed by atoms with Crippen molar-refractivity contribution in [2.45, 2.75) is 37.1 Å². The van der Waals surface area contributed by atoms with E-state index in [9.17, 15) is 0 Å². The van der Waals surface area contributed by atoms with Crippen LogP contribution >= 0.6 is 23.3 Å². The molecule has 0 unspecified atom stereocenters. The molecular weight excluding hydrogens is 300 g/mol. The number of benzene rings is 1. The number of nitrogens with zero attached hydrogens (tertiary/aromatic N) is 3. The first-order valence-corrected chi connectivity index (χ1v) is 8.62. The van der Waals surface area contributed by atoms with Gasteiger partial charge in [-0.15, -0.1) is 10.2 Å². The highest BCUT2D eigenvalue weighted by Gasteiger charge is 2.37. The van der Waals surface area contributed by atoms with Gasteiger partial charge in [0.25, 0.3) is 0 Å². The third-order valence-electron chi connectivity index (χ3n) is 3.80. The van der Waals surface area contributed by atoms with Gasteiger partial charge in [0.15, 0.2) is 0 Å². The second kappa shape index (κ2) is 4.83. The van der Waals surface area contributed by atoms with E-state index in [1.54, 1.807) is 23.3 Å².